The fraction of sp³-hybridized carbons (Fsp3) is 0.952. The predicted octanol–water partition coefficient (Wildman–Crippen LogP) is 2.95. The maximum atomic E-state index is 12.5. The van der Waals surface area contributed by atoms with Crippen molar-refractivity contribution in [1.29, 1.82) is 0 Å². The average molecular weight is 350 g/mol. The molecule has 4 aliphatic carbocycles. The zero-order valence-electron chi connectivity index (χ0n) is 15.7. The number of ketones is 1. The molecule has 0 amide bonds. The van der Waals surface area contributed by atoms with Crippen molar-refractivity contribution in [3.05, 3.63) is 0 Å². The van der Waals surface area contributed by atoms with Crippen LogP contribution in [-0.2, 0) is 9.53 Å². The highest BCUT2D eigenvalue weighted by atomic mass is 16.5. The fourth-order valence-corrected chi connectivity index (χ4v) is 7.40. The second-order valence-electron chi connectivity index (χ2n) is 9.71. The highest BCUT2D eigenvalue weighted by molar-refractivity contribution is 5.87. The summed E-state index contributed by atoms with van der Waals surface area (Å²) >= 11 is 0. The molecule has 0 heterocycles. The van der Waals surface area contributed by atoms with Crippen LogP contribution in [0.25, 0.3) is 0 Å². The third-order valence-electron chi connectivity index (χ3n) is 8.79. The van der Waals surface area contributed by atoms with Gasteiger partial charge in [-0.25, -0.2) is 0 Å². The van der Waals surface area contributed by atoms with Crippen LogP contribution in [0.5, 0.6) is 0 Å². The first-order chi connectivity index (χ1) is 11.9. The molecule has 142 valence electrons. The standard InChI is InChI=1S/C21H34O4/c1-20-8-7-16-14(15(20)5-6-19(20)24)4-3-13-11-17(23)18(25-10-9-22)12-21(13,16)2/h13-18,22-23H,3-12H2,1-2H3/t13-,14-,15-,16-,17-,18-,20-,21-/m0/s1. The van der Waals surface area contributed by atoms with Crippen LogP contribution in [0.2, 0.25) is 0 Å². The van der Waals surface area contributed by atoms with E-state index in [1.54, 1.807) is 0 Å². The molecule has 4 rings (SSSR count). The summed E-state index contributed by atoms with van der Waals surface area (Å²) in [5, 5.41) is 19.6. The number of Topliss-reactive ketones (excluding diaryl/α,β-unsaturated/α-hetero) is 1. The van der Waals surface area contributed by atoms with Gasteiger partial charge >= 0.3 is 0 Å². The summed E-state index contributed by atoms with van der Waals surface area (Å²) < 4.78 is 5.81. The normalized spacial score (nSPS) is 52.4. The summed E-state index contributed by atoms with van der Waals surface area (Å²) in [5.74, 6) is 2.97. The van der Waals surface area contributed by atoms with Gasteiger partial charge in [0.15, 0.2) is 0 Å². The fourth-order valence-electron chi connectivity index (χ4n) is 7.40. The van der Waals surface area contributed by atoms with Crippen molar-refractivity contribution in [2.45, 2.75) is 77.4 Å². The largest absolute Gasteiger partial charge is 0.394 e. The Morgan fingerprint density at radius 1 is 1.16 bits per heavy atom. The van der Waals surface area contributed by atoms with Gasteiger partial charge in [-0.1, -0.05) is 13.8 Å². The molecule has 0 spiro atoms. The lowest BCUT2D eigenvalue weighted by atomic mass is 9.45. The minimum atomic E-state index is -0.400. The highest BCUT2D eigenvalue weighted by Crippen LogP contribution is 2.65. The van der Waals surface area contributed by atoms with Crippen LogP contribution in [0.15, 0.2) is 0 Å². The Morgan fingerprint density at radius 3 is 2.72 bits per heavy atom. The van der Waals surface area contributed by atoms with Gasteiger partial charge in [0.05, 0.1) is 25.4 Å². The van der Waals surface area contributed by atoms with E-state index >= 15 is 0 Å². The number of rotatable bonds is 3. The van der Waals surface area contributed by atoms with E-state index in [9.17, 15) is 9.90 Å². The zero-order chi connectivity index (χ0) is 17.8. The smallest absolute Gasteiger partial charge is 0.139 e. The number of hydrogen-bond donors (Lipinski definition) is 2. The van der Waals surface area contributed by atoms with Crippen molar-refractivity contribution < 1.29 is 19.7 Å². The van der Waals surface area contributed by atoms with Crippen molar-refractivity contribution in [3.8, 4) is 0 Å². The molecule has 4 heteroatoms. The second-order valence-corrected chi connectivity index (χ2v) is 9.71. The van der Waals surface area contributed by atoms with Gasteiger partial charge < -0.3 is 14.9 Å². The third-order valence-corrected chi connectivity index (χ3v) is 8.79. The van der Waals surface area contributed by atoms with Crippen molar-refractivity contribution >= 4 is 5.78 Å². The number of hydrogen-bond acceptors (Lipinski definition) is 4. The topological polar surface area (TPSA) is 66.8 Å². The van der Waals surface area contributed by atoms with E-state index in [0.717, 1.165) is 38.5 Å². The van der Waals surface area contributed by atoms with Crippen molar-refractivity contribution in [2.75, 3.05) is 13.2 Å². The molecule has 4 saturated carbocycles. The Balaban J connectivity index is 1.58. The van der Waals surface area contributed by atoms with Gasteiger partial charge in [0.2, 0.25) is 0 Å². The maximum absolute atomic E-state index is 12.5. The first-order valence-electron chi connectivity index (χ1n) is 10.3. The maximum Gasteiger partial charge on any atom is 0.139 e. The molecule has 0 aromatic heterocycles. The predicted molar refractivity (Wildman–Crippen MR) is 94.9 cm³/mol. The molecule has 0 bridgehead atoms. The molecule has 0 aromatic carbocycles. The minimum absolute atomic E-state index is 0.0119. The molecular weight excluding hydrogens is 316 g/mol. The lowest BCUT2D eigenvalue weighted by Crippen LogP contribution is -2.57. The molecule has 4 nitrogen and oxygen atoms in total. The monoisotopic (exact) mass is 350 g/mol. The number of carbonyl (C=O) groups excluding carboxylic acids is 1. The highest BCUT2D eigenvalue weighted by Gasteiger charge is 2.61. The molecule has 0 saturated heterocycles. The Morgan fingerprint density at radius 2 is 1.96 bits per heavy atom. The Bertz CT molecular complexity index is 534. The van der Waals surface area contributed by atoms with Crippen molar-refractivity contribution in [3.63, 3.8) is 0 Å². The van der Waals surface area contributed by atoms with Gasteiger partial charge in [0, 0.05) is 11.8 Å². The van der Waals surface area contributed by atoms with Crippen LogP contribution in [0.4, 0.5) is 0 Å². The van der Waals surface area contributed by atoms with E-state index in [1.165, 1.54) is 12.8 Å². The molecule has 2 N–H and O–H groups in total. The van der Waals surface area contributed by atoms with E-state index in [2.05, 4.69) is 13.8 Å². The molecule has 8 atom stereocenters. The van der Waals surface area contributed by atoms with E-state index < -0.39 is 6.10 Å². The quantitative estimate of drug-likeness (QED) is 0.821. The molecule has 0 radical (unpaired) electrons. The van der Waals surface area contributed by atoms with E-state index in [1.807, 2.05) is 0 Å². The van der Waals surface area contributed by atoms with Crippen LogP contribution in [0.1, 0.15) is 65.2 Å². The number of aliphatic hydroxyl groups excluding tert-OH is 2. The Hall–Kier alpha value is -0.450. The average Bonchev–Trinajstić information content (AvgIpc) is 2.89. The molecule has 0 unspecified atom stereocenters. The number of ether oxygens (including phenoxy) is 1. The molecule has 0 aliphatic heterocycles. The number of aliphatic hydroxyl groups is 2. The van der Waals surface area contributed by atoms with Gasteiger partial charge in [0.25, 0.3) is 0 Å². The summed E-state index contributed by atoms with van der Waals surface area (Å²) in [6.07, 6.45) is 7.66. The number of fused-ring (bicyclic) bond motifs is 5. The zero-order valence-corrected chi connectivity index (χ0v) is 15.7. The van der Waals surface area contributed by atoms with Gasteiger partial charge in [0.1, 0.15) is 5.78 Å². The SMILES string of the molecule is C[C@]12C[C@H](OCCO)[C@@H](O)C[C@@H]1CC[C@@H]1[C@@H]2CC[C@]2(C)C(=O)CC[C@@H]12. The van der Waals surface area contributed by atoms with Crippen LogP contribution < -0.4 is 0 Å². The van der Waals surface area contributed by atoms with Crippen molar-refractivity contribution in [1.82, 2.24) is 0 Å². The van der Waals surface area contributed by atoms with Gasteiger partial charge in [-0.15, -0.1) is 0 Å². The minimum Gasteiger partial charge on any atom is -0.394 e. The number of carbonyl (C=O) groups is 1. The van der Waals surface area contributed by atoms with Gasteiger partial charge in [-0.2, -0.15) is 0 Å². The Kier molecular flexibility index (Phi) is 4.53. The first kappa shape index (κ1) is 17.9. The lowest BCUT2D eigenvalue weighted by Gasteiger charge is -2.61. The summed E-state index contributed by atoms with van der Waals surface area (Å²) in [6, 6.07) is 0. The van der Waals surface area contributed by atoms with Gasteiger partial charge in [-0.05, 0) is 74.0 Å². The van der Waals surface area contributed by atoms with Crippen LogP contribution in [-0.4, -0.2) is 41.4 Å². The lowest BCUT2D eigenvalue weighted by molar-refractivity contribution is -0.173. The van der Waals surface area contributed by atoms with Gasteiger partial charge in [-0.3, -0.25) is 4.79 Å². The molecule has 25 heavy (non-hydrogen) atoms. The summed E-state index contributed by atoms with van der Waals surface area (Å²) in [5.41, 5.74) is 0.139. The van der Waals surface area contributed by atoms with Crippen LogP contribution in [0.3, 0.4) is 0 Å². The summed E-state index contributed by atoms with van der Waals surface area (Å²) in [7, 11) is 0. The second kappa shape index (κ2) is 6.31. The molecule has 4 aliphatic rings. The first-order valence-corrected chi connectivity index (χ1v) is 10.3. The van der Waals surface area contributed by atoms with Crippen LogP contribution in [0, 0.1) is 34.5 Å². The van der Waals surface area contributed by atoms with Crippen molar-refractivity contribution in [2.24, 2.45) is 34.5 Å². The van der Waals surface area contributed by atoms with Crippen LogP contribution >= 0.6 is 0 Å². The molecular formula is C21H34O4. The summed E-state index contributed by atoms with van der Waals surface area (Å²) in [6.45, 7) is 4.98. The molecule has 0 aromatic rings. The summed E-state index contributed by atoms with van der Waals surface area (Å²) in [4.78, 5) is 12.5. The van der Waals surface area contributed by atoms with E-state index in [4.69, 9.17) is 9.84 Å². The third kappa shape index (κ3) is 2.62. The molecule has 4 fully saturated rings. The van der Waals surface area contributed by atoms with E-state index in [0.29, 0.717) is 36.1 Å². The Labute approximate surface area is 151 Å². The van der Waals surface area contributed by atoms with E-state index in [-0.39, 0.29) is 23.5 Å².